The first-order valence-electron chi connectivity index (χ1n) is 6.86. The number of imidazole rings is 1. The second kappa shape index (κ2) is 6.04. The molecule has 7 nitrogen and oxygen atoms in total. The number of aromatic nitrogens is 5. The minimum atomic E-state index is 0.588. The fourth-order valence-corrected chi connectivity index (χ4v) is 2.78. The Balaban J connectivity index is 1.74. The zero-order chi connectivity index (χ0) is 14.7. The summed E-state index contributed by atoms with van der Waals surface area (Å²) in [6, 6.07) is 0. The van der Waals surface area contributed by atoms with Gasteiger partial charge in [-0.2, -0.15) is 9.97 Å². The van der Waals surface area contributed by atoms with Gasteiger partial charge < -0.3 is 15.6 Å². The van der Waals surface area contributed by atoms with Crippen LogP contribution in [0.25, 0.3) is 11.2 Å². The van der Waals surface area contributed by atoms with Crippen LogP contribution in [0.5, 0.6) is 0 Å². The minimum absolute atomic E-state index is 0.588. The van der Waals surface area contributed by atoms with E-state index in [1.807, 2.05) is 13.8 Å². The van der Waals surface area contributed by atoms with Gasteiger partial charge in [-0.1, -0.05) is 0 Å². The van der Waals surface area contributed by atoms with E-state index in [2.05, 4.69) is 40.9 Å². The molecule has 0 atom stereocenters. The lowest BCUT2D eigenvalue weighted by Gasteiger charge is -2.08. The molecule has 0 saturated heterocycles. The summed E-state index contributed by atoms with van der Waals surface area (Å²) in [5.41, 5.74) is 2.56. The van der Waals surface area contributed by atoms with E-state index in [9.17, 15) is 0 Å². The van der Waals surface area contributed by atoms with Crippen LogP contribution in [0, 0.1) is 6.92 Å². The molecule has 3 aromatic rings. The quantitative estimate of drug-likeness (QED) is 0.646. The van der Waals surface area contributed by atoms with E-state index in [0.717, 1.165) is 41.5 Å². The molecule has 0 bridgehead atoms. The smallest absolute Gasteiger partial charge is 0.226 e. The van der Waals surface area contributed by atoms with Gasteiger partial charge in [0.25, 0.3) is 0 Å². The number of thiazole rings is 1. The second-order valence-electron chi connectivity index (χ2n) is 4.59. The Labute approximate surface area is 126 Å². The normalized spacial score (nSPS) is 11.0. The van der Waals surface area contributed by atoms with Gasteiger partial charge in [0.05, 0.1) is 11.3 Å². The molecule has 3 heterocycles. The molecular weight excluding hydrogens is 286 g/mol. The molecule has 0 aliphatic rings. The van der Waals surface area contributed by atoms with Gasteiger partial charge in [-0.3, -0.25) is 0 Å². The molecule has 0 radical (unpaired) electrons. The van der Waals surface area contributed by atoms with Crippen molar-refractivity contribution in [2.45, 2.75) is 20.3 Å². The van der Waals surface area contributed by atoms with Crippen LogP contribution in [0.3, 0.4) is 0 Å². The van der Waals surface area contributed by atoms with Gasteiger partial charge in [-0.15, -0.1) is 11.3 Å². The molecule has 0 spiro atoms. The van der Waals surface area contributed by atoms with E-state index in [0.29, 0.717) is 11.6 Å². The third-order valence-electron chi connectivity index (χ3n) is 2.92. The predicted octanol–water partition coefficient (Wildman–Crippen LogP) is 2.20. The number of aromatic amines is 1. The summed E-state index contributed by atoms with van der Waals surface area (Å²) < 4.78 is 0. The number of rotatable bonds is 6. The van der Waals surface area contributed by atoms with Crippen molar-refractivity contribution in [1.82, 2.24) is 24.9 Å². The summed E-state index contributed by atoms with van der Waals surface area (Å²) >= 11 is 1.68. The number of H-pyrrole nitrogens is 1. The molecule has 3 rings (SSSR count). The largest absolute Gasteiger partial charge is 0.368 e. The lowest BCUT2D eigenvalue weighted by Crippen LogP contribution is -2.10. The summed E-state index contributed by atoms with van der Waals surface area (Å²) in [4.78, 5) is 20.5. The highest BCUT2D eigenvalue weighted by atomic mass is 32.1. The average Bonchev–Trinajstić information content (AvgIpc) is 3.08. The highest BCUT2D eigenvalue weighted by Gasteiger charge is 2.09. The summed E-state index contributed by atoms with van der Waals surface area (Å²) in [5.74, 6) is 1.35. The molecule has 110 valence electrons. The number of aryl methyl sites for hydroxylation is 1. The number of hydrogen-bond acceptors (Lipinski definition) is 7. The van der Waals surface area contributed by atoms with E-state index < -0.39 is 0 Å². The van der Waals surface area contributed by atoms with Crippen LogP contribution in [-0.4, -0.2) is 38.0 Å². The highest BCUT2D eigenvalue weighted by molar-refractivity contribution is 7.09. The Kier molecular flexibility index (Phi) is 3.96. The molecule has 0 unspecified atom stereocenters. The van der Waals surface area contributed by atoms with Crippen LogP contribution in [0.2, 0.25) is 0 Å². The molecule has 0 aliphatic heterocycles. The van der Waals surface area contributed by atoms with Crippen molar-refractivity contribution in [3.05, 3.63) is 22.4 Å². The first-order valence-corrected chi connectivity index (χ1v) is 7.74. The van der Waals surface area contributed by atoms with E-state index in [1.54, 1.807) is 17.7 Å². The lowest BCUT2D eigenvalue weighted by atomic mass is 10.4. The van der Waals surface area contributed by atoms with Gasteiger partial charge >= 0.3 is 0 Å². The van der Waals surface area contributed by atoms with Crippen LogP contribution in [0.1, 0.15) is 17.6 Å². The van der Waals surface area contributed by atoms with Crippen LogP contribution in [0.15, 0.2) is 11.7 Å². The van der Waals surface area contributed by atoms with Crippen molar-refractivity contribution >= 4 is 34.3 Å². The van der Waals surface area contributed by atoms with Crippen LogP contribution >= 0.6 is 11.3 Å². The number of nitrogens with one attached hydrogen (secondary N) is 3. The Morgan fingerprint density at radius 3 is 2.90 bits per heavy atom. The van der Waals surface area contributed by atoms with Gasteiger partial charge in [-0.25, -0.2) is 9.97 Å². The minimum Gasteiger partial charge on any atom is -0.368 e. The number of fused-ring (bicyclic) bond motifs is 1. The molecule has 0 amide bonds. The van der Waals surface area contributed by atoms with Gasteiger partial charge in [0, 0.05) is 30.6 Å². The Hall–Kier alpha value is -2.22. The Morgan fingerprint density at radius 1 is 1.24 bits per heavy atom. The maximum Gasteiger partial charge on any atom is 0.226 e. The maximum absolute atomic E-state index is 4.48. The van der Waals surface area contributed by atoms with Crippen molar-refractivity contribution in [2.75, 3.05) is 23.7 Å². The third kappa shape index (κ3) is 3.10. The van der Waals surface area contributed by atoms with Crippen LogP contribution < -0.4 is 10.6 Å². The predicted molar refractivity (Wildman–Crippen MR) is 84.9 cm³/mol. The molecule has 0 aliphatic carbocycles. The number of hydrogen-bond donors (Lipinski definition) is 3. The Morgan fingerprint density at radius 2 is 2.14 bits per heavy atom. The average molecular weight is 303 g/mol. The van der Waals surface area contributed by atoms with Gasteiger partial charge in [0.1, 0.15) is 5.52 Å². The fraction of sp³-hybridized carbons (Fsp3) is 0.385. The standard InChI is InChI=1S/C13H17N7S/c1-3-14-13-19-11(10-12(20-13)17-7-16-10)15-5-4-9-18-8(2)6-21-9/h6-7H,3-5H2,1-2H3,(H3,14,15,16,17,19,20). The zero-order valence-electron chi connectivity index (χ0n) is 12.0. The molecule has 3 N–H and O–H groups in total. The zero-order valence-corrected chi connectivity index (χ0v) is 12.8. The van der Waals surface area contributed by atoms with E-state index in [4.69, 9.17) is 0 Å². The van der Waals surface area contributed by atoms with Gasteiger partial charge in [-0.05, 0) is 13.8 Å². The monoisotopic (exact) mass is 303 g/mol. The third-order valence-corrected chi connectivity index (χ3v) is 3.94. The highest BCUT2D eigenvalue weighted by Crippen LogP contribution is 2.18. The van der Waals surface area contributed by atoms with Gasteiger partial charge in [0.2, 0.25) is 5.95 Å². The molecule has 8 heteroatoms. The number of anilines is 2. The van der Waals surface area contributed by atoms with E-state index in [1.165, 1.54) is 0 Å². The van der Waals surface area contributed by atoms with Gasteiger partial charge in [0.15, 0.2) is 11.5 Å². The lowest BCUT2D eigenvalue weighted by molar-refractivity contribution is 0.975. The van der Waals surface area contributed by atoms with Crippen LogP contribution in [0.4, 0.5) is 11.8 Å². The fourth-order valence-electron chi connectivity index (χ4n) is 2.00. The molecule has 3 aromatic heterocycles. The Bertz CT molecular complexity index is 733. The molecule has 0 fully saturated rings. The van der Waals surface area contributed by atoms with Crippen molar-refractivity contribution in [3.8, 4) is 0 Å². The van der Waals surface area contributed by atoms with E-state index in [-0.39, 0.29) is 0 Å². The molecule has 0 saturated carbocycles. The van der Waals surface area contributed by atoms with Crippen molar-refractivity contribution in [3.63, 3.8) is 0 Å². The summed E-state index contributed by atoms with van der Waals surface area (Å²) in [6.45, 7) is 5.56. The summed E-state index contributed by atoms with van der Waals surface area (Å²) in [7, 11) is 0. The van der Waals surface area contributed by atoms with Crippen molar-refractivity contribution in [1.29, 1.82) is 0 Å². The summed E-state index contributed by atoms with van der Waals surface area (Å²) in [6.07, 6.45) is 2.50. The van der Waals surface area contributed by atoms with Crippen molar-refractivity contribution in [2.24, 2.45) is 0 Å². The number of nitrogens with zero attached hydrogens (tertiary/aromatic N) is 4. The molecule has 21 heavy (non-hydrogen) atoms. The summed E-state index contributed by atoms with van der Waals surface area (Å²) in [5, 5.41) is 9.64. The topological polar surface area (TPSA) is 91.4 Å². The molecular formula is C13H17N7S. The first-order chi connectivity index (χ1) is 10.3. The molecule has 0 aromatic carbocycles. The SMILES string of the molecule is CCNc1nc(NCCc2nc(C)cs2)c2[nH]cnc2n1. The second-order valence-corrected chi connectivity index (χ2v) is 5.53. The maximum atomic E-state index is 4.48. The van der Waals surface area contributed by atoms with Crippen molar-refractivity contribution < 1.29 is 0 Å². The first kappa shape index (κ1) is 13.7. The van der Waals surface area contributed by atoms with Crippen LogP contribution in [-0.2, 0) is 6.42 Å². The van der Waals surface area contributed by atoms with E-state index >= 15 is 0 Å².